The van der Waals surface area contributed by atoms with E-state index in [-0.39, 0.29) is 17.8 Å². The van der Waals surface area contributed by atoms with E-state index in [1.807, 2.05) is 30.3 Å². The molecule has 0 aliphatic heterocycles. The summed E-state index contributed by atoms with van der Waals surface area (Å²) in [6.07, 6.45) is 5.41. The van der Waals surface area contributed by atoms with Gasteiger partial charge in [-0.15, -0.1) is 6.42 Å². The minimum absolute atomic E-state index is 0.112. The molecule has 0 fully saturated rings. The zero-order valence-electron chi connectivity index (χ0n) is 12.2. The first kappa shape index (κ1) is 14.6. The summed E-state index contributed by atoms with van der Waals surface area (Å²) in [4.78, 5) is 23.1. The highest BCUT2D eigenvalue weighted by Crippen LogP contribution is 2.19. The molecule has 3 aromatic rings. The van der Waals surface area contributed by atoms with Crippen LogP contribution in [0.5, 0.6) is 0 Å². The average molecular weight is 307 g/mol. The molecule has 0 saturated carbocycles. The van der Waals surface area contributed by atoms with E-state index in [1.54, 1.807) is 10.7 Å². The second kappa shape index (κ2) is 5.81. The number of aromatic nitrogens is 2. The summed E-state index contributed by atoms with van der Waals surface area (Å²) in [7, 11) is 0. The third kappa shape index (κ3) is 2.60. The van der Waals surface area contributed by atoms with Crippen molar-refractivity contribution in [2.24, 2.45) is 0 Å². The lowest BCUT2D eigenvalue weighted by molar-refractivity contribution is -0.384. The van der Waals surface area contributed by atoms with Gasteiger partial charge in [-0.05, 0) is 11.6 Å². The summed E-state index contributed by atoms with van der Waals surface area (Å²) in [5.41, 5.74) is 1.14. The number of nitrogens with zero attached hydrogens (tertiary/aromatic N) is 3. The molecule has 6 nitrogen and oxygen atoms in total. The molecule has 114 valence electrons. The van der Waals surface area contributed by atoms with Gasteiger partial charge in [-0.3, -0.25) is 19.6 Å². The molecule has 0 saturated heterocycles. The largest absolute Gasteiger partial charge is 0.275 e. The standard InChI is InChI=1S/C17H13N3O3/c1-2-10-18-16-9-8-14(20(22)23)11-15(16)17(21)19(18)12-13-6-4-3-5-7-13/h1,3-9,11H,10,12H2. The summed E-state index contributed by atoms with van der Waals surface area (Å²) in [6.45, 7) is 0.563. The maximum atomic E-state index is 12.7. The highest BCUT2D eigenvalue weighted by atomic mass is 16.6. The number of nitro benzene ring substituents is 1. The van der Waals surface area contributed by atoms with Crippen molar-refractivity contribution in [3.8, 4) is 12.3 Å². The van der Waals surface area contributed by atoms with Gasteiger partial charge in [0.1, 0.15) is 6.54 Å². The van der Waals surface area contributed by atoms with E-state index >= 15 is 0 Å². The van der Waals surface area contributed by atoms with Crippen LogP contribution in [-0.4, -0.2) is 14.3 Å². The van der Waals surface area contributed by atoms with Crippen LogP contribution in [0.15, 0.2) is 53.3 Å². The molecule has 0 amide bonds. The van der Waals surface area contributed by atoms with Crippen molar-refractivity contribution in [1.29, 1.82) is 0 Å². The Labute approximate surface area is 131 Å². The van der Waals surface area contributed by atoms with Crippen LogP contribution >= 0.6 is 0 Å². The quantitative estimate of drug-likeness (QED) is 0.422. The third-order valence-corrected chi connectivity index (χ3v) is 3.64. The van der Waals surface area contributed by atoms with Crippen molar-refractivity contribution in [3.05, 3.63) is 74.6 Å². The molecule has 2 aromatic carbocycles. The van der Waals surface area contributed by atoms with E-state index in [2.05, 4.69) is 5.92 Å². The number of rotatable bonds is 4. The summed E-state index contributed by atoms with van der Waals surface area (Å²) < 4.78 is 3.19. The molecule has 0 N–H and O–H groups in total. The highest BCUT2D eigenvalue weighted by Gasteiger charge is 2.16. The molecular weight excluding hydrogens is 294 g/mol. The molecule has 0 atom stereocenters. The van der Waals surface area contributed by atoms with Crippen LogP contribution in [0.3, 0.4) is 0 Å². The van der Waals surface area contributed by atoms with Gasteiger partial charge in [0.05, 0.1) is 22.4 Å². The molecule has 0 bridgehead atoms. The normalized spacial score (nSPS) is 10.6. The van der Waals surface area contributed by atoms with Gasteiger partial charge in [0.25, 0.3) is 11.2 Å². The van der Waals surface area contributed by atoms with Crippen LogP contribution in [0.2, 0.25) is 0 Å². The Hall–Kier alpha value is -3.33. The van der Waals surface area contributed by atoms with Gasteiger partial charge >= 0.3 is 0 Å². The fourth-order valence-electron chi connectivity index (χ4n) is 2.58. The van der Waals surface area contributed by atoms with Crippen LogP contribution in [-0.2, 0) is 13.1 Å². The van der Waals surface area contributed by atoms with Crippen molar-refractivity contribution in [1.82, 2.24) is 9.36 Å². The zero-order valence-corrected chi connectivity index (χ0v) is 12.2. The number of non-ortho nitro benzene ring substituents is 1. The minimum atomic E-state index is -0.515. The first-order chi connectivity index (χ1) is 11.1. The maximum absolute atomic E-state index is 12.7. The van der Waals surface area contributed by atoms with E-state index in [1.165, 1.54) is 16.8 Å². The Morgan fingerprint density at radius 1 is 1.13 bits per heavy atom. The molecule has 0 spiro atoms. The lowest BCUT2D eigenvalue weighted by Crippen LogP contribution is -2.23. The van der Waals surface area contributed by atoms with Gasteiger partial charge in [-0.1, -0.05) is 36.3 Å². The molecule has 0 aliphatic carbocycles. The summed E-state index contributed by atoms with van der Waals surface area (Å²) in [5.74, 6) is 2.52. The van der Waals surface area contributed by atoms with Crippen LogP contribution in [0, 0.1) is 22.5 Å². The number of hydrogen-bond donors (Lipinski definition) is 0. The lowest BCUT2D eigenvalue weighted by Gasteiger charge is -2.10. The lowest BCUT2D eigenvalue weighted by atomic mass is 10.2. The van der Waals surface area contributed by atoms with Gasteiger partial charge in [-0.2, -0.15) is 0 Å². The van der Waals surface area contributed by atoms with Gasteiger partial charge in [0, 0.05) is 12.1 Å². The molecule has 0 unspecified atom stereocenters. The Bertz CT molecular complexity index is 978. The van der Waals surface area contributed by atoms with E-state index in [4.69, 9.17) is 6.42 Å². The molecule has 23 heavy (non-hydrogen) atoms. The SMILES string of the molecule is C#CCn1c2ccc([N+](=O)[O-])cc2c(=O)n1Cc1ccccc1. The van der Waals surface area contributed by atoms with Crippen LogP contribution in [0.25, 0.3) is 10.9 Å². The van der Waals surface area contributed by atoms with E-state index in [0.717, 1.165) is 5.56 Å². The molecule has 1 aromatic heterocycles. The van der Waals surface area contributed by atoms with Gasteiger partial charge in [0.15, 0.2) is 0 Å². The first-order valence-corrected chi connectivity index (χ1v) is 6.97. The van der Waals surface area contributed by atoms with Crippen molar-refractivity contribution in [2.75, 3.05) is 0 Å². The molecular formula is C17H13N3O3. The second-order valence-electron chi connectivity index (χ2n) is 5.07. The summed E-state index contributed by atoms with van der Waals surface area (Å²) in [6, 6.07) is 13.7. The van der Waals surface area contributed by atoms with Gasteiger partial charge in [0.2, 0.25) is 0 Å². The Morgan fingerprint density at radius 2 is 1.87 bits per heavy atom. The zero-order chi connectivity index (χ0) is 16.4. The summed E-state index contributed by atoms with van der Waals surface area (Å²) in [5, 5.41) is 11.2. The predicted molar refractivity (Wildman–Crippen MR) is 87.2 cm³/mol. The fraction of sp³-hybridized carbons (Fsp3) is 0.118. The van der Waals surface area contributed by atoms with Crippen LogP contribution in [0.4, 0.5) is 5.69 Å². The van der Waals surface area contributed by atoms with E-state index < -0.39 is 4.92 Å². The Balaban J connectivity index is 2.21. The molecule has 0 radical (unpaired) electrons. The number of terminal acetylenes is 1. The monoisotopic (exact) mass is 307 g/mol. The first-order valence-electron chi connectivity index (χ1n) is 6.97. The minimum Gasteiger partial charge on any atom is -0.270 e. The number of fused-ring (bicyclic) bond motifs is 1. The van der Waals surface area contributed by atoms with Crippen LogP contribution < -0.4 is 5.56 Å². The Kier molecular flexibility index (Phi) is 3.69. The third-order valence-electron chi connectivity index (χ3n) is 3.64. The topological polar surface area (TPSA) is 70.1 Å². The average Bonchev–Trinajstić information content (AvgIpc) is 2.81. The molecule has 6 heteroatoms. The fourth-order valence-corrected chi connectivity index (χ4v) is 2.58. The molecule has 3 rings (SSSR count). The maximum Gasteiger partial charge on any atom is 0.275 e. The van der Waals surface area contributed by atoms with Crippen molar-refractivity contribution in [2.45, 2.75) is 13.1 Å². The predicted octanol–water partition coefficient (Wildman–Crippen LogP) is 2.39. The van der Waals surface area contributed by atoms with Gasteiger partial charge in [-0.25, -0.2) is 4.68 Å². The smallest absolute Gasteiger partial charge is 0.270 e. The highest BCUT2D eigenvalue weighted by molar-refractivity contribution is 5.81. The number of nitro groups is 1. The molecule has 1 heterocycles. The van der Waals surface area contributed by atoms with E-state index in [9.17, 15) is 14.9 Å². The van der Waals surface area contributed by atoms with Gasteiger partial charge < -0.3 is 0 Å². The second-order valence-corrected chi connectivity index (χ2v) is 5.07. The van der Waals surface area contributed by atoms with Crippen molar-refractivity contribution in [3.63, 3.8) is 0 Å². The van der Waals surface area contributed by atoms with E-state index in [0.29, 0.717) is 17.4 Å². The van der Waals surface area contributed by atoms with Crippen molar-refractivity contribution >= 4 is 16.6 Å². The molecule has 0 aliphatic rings. The Morgan fingerprint density at radius 3 is 2.52 bits per heavy atom. The van der Waals surface area contributed by atoms with Crippen LogP contribution in [0.1, 0.15) is 5.56 Å². The summed E-state index contributed by atoms with van der Waals surface area (Å²) >= 11 is 0. The number of hydrogen-bond acceptors (Lipinski definition) is 3. The van der Waals surface area contributed by atoms with Crippen molar-refractivity contribution < 1.29 is 4.92 Å². The number of benzene rings is 2.